The van der Waals surface area contributed by atoms with E-state index in [1.54, 1.807) is 6.07 Å². The Labute approximate surface area is 141 Å². The van der Waals surface area contributed by atoms with Crippen molar-refractivity contribution in [2.45, 2.75) is 64.4 Å². The molecule has 3 nitrogen and oxygen atoms in total. The van der Waals surface area contributed by atoms with Crippen molar-refractivity contribution < 1.29 is 9.50 Å². The lowest BCUT2D eigenvalue weighted by atomic mass is 9.55. The molecule has 0 bridgehead atoms. The zero-order valence-corrected chi connectivity index (χ0v) is 14.4. The second-order valence-electron chi connectivity index (χ2n) is 8.55. The van der Waals surface area contributed by atoms with Crippen LogP contribution in [0.5, 0.6) is 0 Å². The summed E-state index contributed by atoms with van der Waals surface area (Å²) in [5.41, 5.74) is 4.11. The van der Waals surface area contributed by atoms with Gasteiger partial charge in [0.05, 0.1) is 6.10 Å². The summed E-state index contributed by atoms with van der Waals surface area (Å²) in [6, 6.07) is 1.77. The number of hydrogen-bond donors (Lipinski definition) is 2. The Kier molecular flexibility index (Phi) is 2.98. The minimum Gasteiger partial charge on any atom is -0.393 e. The van der Waals surface area contributed by atoms with Gasteiger partial charge in [-0.15, -0.1) is 0 Å². The van der Waals surface area contributed by atoms with E-state index in [0.29, 0.717) is 23.3 Å². The van der Waals surface area contributed by atoms with Crippen LogP contribution in [0, 0.1) is 30.0 Å². The smallest absolute Gasteiger partial charge is 0.151 e. The van der Waals surface area contributed by atoms with Crippen LogP contribution in [0.15, 0.2) is 6.07 Å². The van der Waals surface area contributed by atoms with E-state index in [0.717, 1.165) is 49.6 Å². The van der Waals surface area contributed by atoms with Gasteiger partial charge in [-0.25, -0.2) is 4.39 Å². The van der Waals surface area contributed by atoms with Crippen molar-refractivity contribution in [1.29, 1.82) is 0 Å². The number of nitrogens with zero attached hydrogens (tertiary/aromatic N) is 1. The molecule has 1 aromatic carbocycles. The van der Waals surface area contributed by atoms with Crippen LogP contribution in [0.1, 0.15) is 61.8 Å². The summed E-state index contributed by atoms with van der Waals surface area (Å²) in [5.74, 6) is 1.44. The SMILES string of the molecule is Cc1[nH]nc2c(F)cc3c(c12)CCC1C3CC[C@@]2(C)C1CC[C@@H]2O. The quantitative estimate of drug-likeness (QED) is 0.760. The first-order chi connectivity index (χ1) is 11.5. The van der Waals surface area contributed by atoms with E-state index in [1.165, 1.54) is 11.1 Å². The second kappa shape index (κ2) is 4.81. The summed E-state index contributed by atoms with van der Waals surface area (Å²) in [7, 11) is 0. The highest BCUT2D eigenvalue weighted by molar-refractivity contribution is 5.87. The molecule has 2 N–H and O–H groups in total. The maximum Gasteiger partial charge on any atom is 0.151 e. The van der Waals surface area contributed by atoms with E-state index in [2.05, 4.69) is 17.1 Å². The first-order valence-corrected chi connectivity index (χ1v) is 9.34. The van der Waals surface area contributed by atoms with E-state index in [4.69, 9.17) is 0 Å². The van der Waals surface area contributed by atoms with E-state index in [9.17, 15) is 9.50 Å². The van der Waals surface area contributed by atoms with Gasteiger partial charge >= 0.3 is 0 Å². The minimum atomic E-state index is -0.187. The van der Waals surface area contributed by atoms with Crippen LogP contribution >= 0.6 is 0 Å². The zero-order chi connectivity index (χ0) is 16.6. The summed E-state index contributed by atoms with van der Waals surface area (Å²) in [6.45, 7) is 4.28. The van der Waals surface area contributed by atoms with Gasteiger partial charge in [0.25, 0.3) is 0 Å². The number of nitrogens with one attached hydrogen (secondary N) is 1. The topological polar surface area (TPSA) is 48.9 Å². The highest BCUT2D eigenvalue weighted by Crippen LogP contribution is 2.61. The Bertz CT molecular complexity index is 829. The minimum absolute atomic E-state index is 0.0763. The lowest BCUT2D eigenvalue weighted by Crippen LogP contribution is -2.44. The molecule has 1 heterocycles. The molecule has 3 aliphatic rings. The lowest BCUT2D eigenvalue weighted by molar-refractivity contribution is -0.0225. The molecule has 0 amide bonds. The van der Waals surface area contributed by atoms with E-state index in [1.807, 2.05) is 6.92 Å². The van der Waals surface area contributed by atoms with E-state index >= 15 is 0 Å². The largest absolute Gasteiger partial charge is 0.393 e. The Morgan fingerprint density at radius 3 is 2.96 bits per heavy atom. The number of aromatic nitrogens is 2. The first kappa shape index (κ1) is 14.9. The Hall–Kier alpha value is -1.42. The molecule has 3 unspecified atom stereocenters. The van der Waals surface area contributed by atoms with Crippen LogP contribution in [0.2, 0.25) is 0 Å². The first-order valence-electron chi connectivity index (χ1n) is 9.34. The van der Waals surface area contributed by atoms with Gasteiger partial charge in [0.1, 0.15) is 5.52 Å². The summed E-state index contributed by atoms with van der Waals surface area (Å²) >= 11 is 0. The number of halogens is 1. The fourth-order valence-corrected chi connectivity index (χ4v) is 6.37. The van der Waals surface area contributed by atoms with E-state index in [-0.39, 0.29) is 17.3 Å². The molecule has 0 radical (unpaired) electrons. The third-order valence-electron chi connectivity index (χ3n) is 7.62. The number of rotatable bonds is 0. The fourth-order valence-electron chi connectivity index (χ4n) is 6.37. The highest BCUT2D eigenvalue weighted by atomic mass is 19.1. The number of aromatic amines is 1. The molecular formula is C20H25FN2O. The molecule has 5 atom stereocenters. The average molecular weight is 328 g/mol. The molecule has 3 aliphatic carbocycles. The van der Waals surface area contributed by atoms with Gasteiger partial charge in [-0.1, -0.05) is 6.92 Å². The predicted molar refractivity (Wildman–Crippen MR) is 91.4 cm³/mol. The third kappa shape index (κ3) is 1.73. The number of aliphatic hydroxyl groups excluding tert-OH is 1. The molecular weight excluding hydrogens is 303 g/mol. The summed E-state index contributed by atoms with van der Waals surface area (Å²) < 4.78 is 14.6. The maximum atomic E-state index is 14.6. The molecule has 5 rings (SSSR count). The number of benzene rings is 1. The molecule has 0 spiro atoms. The van der Waals surface area contributed by atoms with Crippen molar-refractivity contribution in [3.63, 3.8) is 0 Å². The molecule has 24 heavy (non-hydrogen) atoms. The van der Waals surface area contributed by atoms with Gasteiger partial charge in [-0.05, 0) is 85.8 Å². The Morgan fingerprint density at radius 2 is 2.12 bits per heavy atom. The van der Waals surface area contributed by atoms with Crippen LogP contribution < -0.4 is 0 Å². The second-order valence-corrected chi connectivity index (χ2v) is 8.55. The number of hydrogen-bond acceptors (Lipinski definition) is 2. The zero-order valence-electron chi connectivity index (χ0n) is 14.4. The standard InChI is InChI=1S/C20H25FN2O/c1-10-18-13-4-3-12-11(14(13)9-16(21)19(18)23-22-10)7-8-20(2)15(12)5-6-17(20)24/h9,11-12,15,17,24H,3-8H2,1-2H3,(H,22,23)/t11?,12?,15?,17-,20-/m0/s1. The molecule has 128 valence electrons. The van der Waals surface area contributed by atoms with Gasteiger partial charge in [0.2, 0.25) is 0 Å². The van der Waals surface area contributed by atoms with Crippen LogP contribution in [-0.4, -0.2) is 21.4 Å². The predicted octanol–water partition coefficient (Wildman–Crippen LogP) is 4.23. The Balaban J connectivity index is 1.64. The lowest BCUT2D eigenvalue weighted by Gasteiger charge is -2.50. The molecule has 0 aliphatic heterocycles. The van der Waals surface area contributed by atoms with Gasteiger partial charge in [0, 0.05) is 11.1 Å². The molecule has 2 aromatic rings. The molecule has 2 saturated carbocycles. The monoisotopic (exact) mass is 328 g/mol. The van der Waals surface area contributed by atoms with Crippen molar-refractivity contribution in [3.8, 4) is 0 Å². The molecule has 1 aromatic heterocycles. The van der Waals surface area contributed by atoms with Crippen molar-refractivity contribution in [1.82, 2.24) is 10.2 Å². The van der Waals surface area contributed by atoms with Crippen molar-refractivity contribution in [2.75, 3.05) is 0 Å². The fraction of sp³-hybridized carbons (Fsp3) is 0.650. The maximum absolute atomic E-state index is 14.6. The van der Waals surface area contributed by atoms with Gasteiger partial charge in [-0.2, -0.15) is 5.10 Å². The number of aliphatic hydroxyl groups is 1. The highest BCUT2D eigenvalue weighted by Gasteiger charge is 2.54. The normalized spacial score (nSPS) is 38.0. The average Bonchev–Trinajstić information content (AvgIpc) is 3.09. The third-order valence-corrected chi connectivity index (χ3v) is 7.62. The van der Waals surface area contributed by atoms with Gasteiger partial charge < -0.3 is 5.11 Å². The summed E-state index contributed by atoms with van der Waals surface area (Å²) in [4.78, 5) is 0. The molecule has 2 fully saturated rings. The molecule has 4 heteroatoms. The van der Waals surface area contributed by atoms with Crippen molar-refractivity contribution in [3.05, 3.63) is 28.7 Å². The summed E-state index contributed by atoms with van der Waals surface area (Å²) in [5, 5.41) is 18.6. The summed E-state index contributed by atoms with van der Waals surface area (Å²) in [6.07, 6.45) is 6.22. The van der Waals surface area contributed by atoms with Crippen molar-refractivity contribution in [2.24, 2.45) is 17.3 Å². The van der Waals surface area contributed by atoms with Gasteiger partial charge in [-0.3, -0.25) is 5.10 Å². The van der Waals surface area contributed by atoms with Crippen LogP contribution in [0.4, 0.5) is 4.39 Å². The Morgan fingerprint density at radius 1 is 1.29 bits per heavy atom. The van der Waals surface area contributed by atoms with Crippen LogP contribution in [-0.2, 0) is 6.42 Å². The van der Waals surface area contributed by atoms with Crippen LogP contribution in [0.25, 0.3) is 10.9 Å². The van der Waals surface area contributed by atoms with Crippen molar-refractivity contribution >= 4 is 10.9 Å². The number of fused-ring (bicyclic) bond motifs is 7. The number of H-pyrrole nitrogens is 1. The molecule has 0 saturated heterocycles. The van der Waals surface area contributed by atoms with Crippen LogP contribution in [0.3, 0.4) is 0 Å². The van der Waals surface area contributed by atoms with E-state index < -0.39 is 0 Å². The van der Waals surface area contributed by atoms with Gasteiger partial charge in [0.15, 0.2) is 5.82 Å². The number of aryl methyl sites for hydroxylation is 2.